The van der Waals surface area contributed by atoms with Crippen LogP contribution in [-0.4, -0.2) is 5.11 Å². The monoisotopic (exact) mass is 135 g/mol. The molecule has 53 valence electrons. The third kappa shape index (κ3) is 1.58. The molecule has 1 radical (unpaired) electrons. The fraction of sp³-hybridized carbons (Fsp3) is 0.222. The number of hydrogen-bond acceptors (Lipinski definition) is 1. The topological polar surface area (TPSA) is 20.2 Å². The first-order chi connectivity index (χ1) is 4.86. The van der Waals surface area contributed by atoms with E-state index < -0.39 is 0 Å². The average Bonchev–Trinajstić information content (AvgIpc) is 2.05. The quantitative estimate of drug-likeness (QED) is 0.658. The van der Waals surface area contributed by atoms with Crippen molar-refractivity contribution in [3.63, 3.8) is 0 Å². The maximum absolute atomic E-state index is 8.58. The molecule has 0 saturated heterocycles. The van der Waals surface area contributed by atoms with Gasteiger partial charge in [0.1, 0.15) is 6.61 Å². The molecule has 1 rings (SSSR count). The van der Waals surface area contributed by atoms with Crippen molar-refractivity contribution in [3.8, 4) is 0 Å². The van der Waals surface area contributed by atoms with Crippen LogP contribution in [0.15, 0.2) is 24.3 Å². The summed E-state index contributed by atoms with van der Waals surface area (Å²) >= 11 is 0. The van der Waals surface area contributed by atoms with Crippen LogP contribution in [0.4, 0.5) is 0 Å². The van der Waals surface area contributed by atoms with E-state index in [9.17, 15) is 0 Å². The van der Waals surface area contributed by atoms with E-state index in [4.69, 9.17) is 5.11 Å². The van der Waals surface area contributed by atoms with E-state index in [2.05, 4.69) is 6.92 Å². The lowest BCUT2D eigenvalue weighted by Gasteiger charge is -1.96. The highest BCUT2D eigenvalue weighted by Crippen LogP contribution is 2.04. The predicted octanol–water partition coefficient (Wildman–Crippen LogP) is 2.13. The van der Waals surface area contributed by atoms with Crippen molar-refractivity contribution in [2.75, 3.05) is 0 Å². The van der Waals surface area contributed by atoms with Gasteiger partial charge in [-0.3, -0.25) is 0 Å². The summed E-state index contributed by atoms with van der Waals surface area (Å²) in [6.07, 6.45) is 1.05. The summed E-state index contributed by atoms with van der Waals surface area (Å²) in [7, 11) is 0. The molecule has 10 heavy (non-hydrogen) atoms. The van der Waals surface area contributed by atoms with E-state index in [0.717, 1.165) is 18.6 Å². The summed E-state index contributed by atoms with van der Waals surface area (Å²) in [4.78, 5) is 0. The normalized spacial score (nSPS) is 9.80. The Morgan fingerprint density at radius 2 is 1.90 bits per heavy atom. The van der Waals surface area contributed by atoms with E-state index in [1.165, 1.54) is 5.56 Å². The zero-order chi connectivity index (χ0) is 7.40. The summed E-state index contributed by atoms with van der Waals surface area (Å²) in [6.45, 7) is 3.22. The first kappa shape index (κ1) is 7.29. The lowest BCUT2D eigenvalue weighted by atomic mass is 10.1. The zero-order valence-electron chi connectivity index (χ0n) is 6.04. The highest BCUT2D eigenvalue weighted by molar-refractivity contribution is 5.25. The molecule has 1 aromatic carbocycles. The molecule has 0 spiro atoms. The van der Waals surface area contributed by atoms with Crippen LogP contribution in [0.1, 0.15) is 18.1 Å². The molecule has 1 heteroatoms. The molecular formula is C9H11O. The van der Waals surface area contributed by atoms with Crippen molar-refractivity contribution in [3.05, 3.63) is 42.0 Å². The minimum absolute atomic E-state index is 0.859. The third-order valence-corrected chi connectivity index (χ3v) is 1.54. The second kappa shape index (κ2) is 3.37. The van der Waals surface area contributed by atoms with E-state index in [1.807, 2.05) is 24.3 Å². The van der Waals surface area contributed by atoms with Gasteiger partial charge < -0.3 is 5.11 Å². The van der Waals surface area contributed by atoms with Crippen molar-refractivity contribution in [1.29, 1.82) is 0 Å². The summed E-state index contributed by atoms with van der Waals surface area (Å²) < 4.78 is 0. The predicted molar refractivity (Wildman–Crippen MR) is 41.2 cm³/mol. The number of aliphatic hydroxyl groups is 1. The Morgan fingerprint density at radius 3 is 2.30 bits per heavy atom. The van der Waals surface area contributed by atoms with Crippen LogP contribution in [0.3, 0.4) is 0 Å². The molecule has 1 aromatic rings. The summed E-state index contributed by atoms with van der Waals surface area (Å²) in [6, 6.07) is 7.84. The van der Waals surface area contributed by atoms with E-state index >= 15 is 0 Å². The first-order valence-electron chi connectivity index (χ1n) is 3.43. The maximum Gasteiger partial charge on any atom is 0.109 e. The van der Waals surface area contributed by atoms with E-state index in [1.54, 1.807) is 0 Å². The van der Waals surface area contributed by atoms with Gasteiger partial charge in [-0.05, 0) is 17.5 Å². The molecule has 0 aliphatic carbocycles. The van der Waals surface area contributed by atoms with Crippen LogP contribution in [0, 0.1) is 6.61 Å². The number of aryl methyl sites for hydroxylation is 1. The van der Waals surface area contributed by atoms with Crippen LogP contribution in [0.2, 0.25) is 0 Å². The fourth-order valence-electron chi connectivity index (χ4n) is 0.839. The number of hydrogen-bond donors (Lipinski definition) is 1. The summed E-state index contributed by atoms with van der Waals surface area (Å²) in [5.41, 5.74) is 2.16. The molecule has 0 aromatic heterocycles. The van der Waals surface area contributed by atoms with Crippen molar-refractivity contribution in [1.82, 2.24) is 0 Å². The lowest BCUT2D eigenvalue weighted by molar-refractivity contribution is 0.415. The Hall–Kier alpha value is -0.820. The van der Waals surface area contributed by atoms with E-state index in [-0.39, 0.29) is 0 Å². The van der Waals surface area contributed by atoms with Gasteiger partial charge in [0.05, 0.1) is 0 Å². The Bertz CT molecular complexity index is 165. The highest BCUT2D eigenvalue weighted by Gasteiger charge is 1.89. The largest absolute Gasteiger partial charge is 0.385 e. The van der Waals surface area contributed by atoms with Gasteiger partial charge in [-0.1, -0.05) is 31.2 Å². The van der Waals surface area contributed by atoms with E-state index in [0.29, 0.717) is 0 Å². The number of rotatable bonds is 2. The van der Waals surface area contributed by atoms with Gasteiger partial charge in [0.25, 0.3) is 0 Å². The van der Waals surface area contributed by atoms with Gasteiger partial charge >= 0.3 is 0 Å². The fourth-order valence-corrected chi connectivity index (χ4v) is 0.839. The maximum atomic E-state index is 8.58. The number of aliphatic hydroxyl groups excluding tert-OH is 1. The van der Waals surface area contributed by atoms with Crippen molar-refractivity contribution >= 4 is 0 Å². The highest BCUT2D eigenvalue weighted by atomic mass is 16.3. The second-order valence-electron chi connectivity index (χ2n) is 2.22. The summed E-state index contributed by atoms with van der Waals surface area (Å²) in [5, 5.41) is 8.58. The standard InChI is InChI=1S/C9H11O/c1-2-8-3-5-9(7-10)6-4-8/h3-7,10H,2H2,1H3. The minimum atomic E-state index is 0.859. The molecule has 1 nitrogen and oxygen atoms in total. The molecule has 0 heterocycles. The van der Waals surface area contributed by atoms with Gasteiger partial charge in [-0.2, -0.15) is 0 Å². The molecule has 0 bridgehead atoms. The zero-order valence-corrected chi connectivity index (χ0v) is 6.04. The first-order valence-corrected chi connectivity index (χ1v) is 3.43. The van der Waals surface area contributed by atoms with Gasteiger partial charge in [0, 0.05) is 0 Å². The molecule has 1 N–H and O–H groups in total. The molecule has 0 fully saturated rings. The van der Waals surface area contributed by atoms with Crippen molar-refractivity contribution in [2.45, 2.75) is 13.3 Å². The Balaban J connectivity index is 2.80. The lowest BCUT2D eigenvalue weighted by Crippen LogP contribution is -1.82. The average molecular weight is 135 g/mol. The van der Waals surface area contributed by atoms with Crippen LogP contribution < -0.4 is 0 Å². The van der Waals surface area contributed by atoms with Gasteiger partial charge in [-0.15, -0.1) is 0 Å². The molecule has 0 saturated carbocycles. The summed E-state index contributed by atoms with van der Waals surface area (Å²) in [5.74, 6) is 0. The minimum Gasteiger partial charge on any atom is -0.385 e. The van der Waals surface area contributed by atoms with Gasteiger partial charge in [-0.25, -0.2) is 0 Å². The molecule has 0 amide bonds. The van der Waals surface area contributed by atoms with Crippen molar-refractivity contribution < 1.29 is 5.11 Å². The van der Waals surface area contributed by atoms with Gasteiger partial charge in [0.2, 0.25) is 0 Å². The molecule has 0 unspecified atom stereocenters. The Labute approximate surface area is 61.3 Å². The van der Waals surface area contributed by atoms with Crippen LogP contribution in [0.5, 0.6) is 0 Å². The van der Waals surface area contributed by atoms with Gasteiger partial charge in [0.15, 0.2) is 0 Å². The number of benzene rings is 1. The van der Waals surface area contributed by atoms with Crippen LogP contribution in [-0.2, 0) is 6.42 Å². The molecule has 0 aliphatic heterocycles. The Morgan fingerprint density at radius 1 is 1.30 bits per heavy atom. The third-order valence-electron chi connectivity index (χ3n) is 1.54. The van der Waals surface area contributed by atoms with Crippen molar-refractivity contribution in [2.24, 2.45) is 0 Å². The van der Waals surface area contributed by atoms with Crippen LogP contribution in [0.25, 0.3) is 0 Å². The second-order valence-corrected chi connectivity index (χ2v) is 2.22. The Kier molecular flexibility index (Phi) is 2.46. The molecular weight excluding hydrogens is 124 g/mol. The smallest absolute Gasteiger partial charge is 0.109 e. The van der Waals surface area contributed by atoms with Crippen LogP contribution >= 0.6 is 0 Å². The SMILES string of the molecule is CCc1ccc([CH]O)cc1. The molecule has 0 atom stereocenters. The molecule has 0 aliphatic rings.